The molecule has 6 nitrogen and oxygen atoms in total. The maximum Gasteiger partial charge on any atom is 0.415 e. The molecule has 0 bridgehead atoms. The lowest BCUT2D eigenvalue weighted by molar-refractivity contribution is -0.130. The van der Waals surface area contributed by atoms with Crippen LogP contribution in [0.4, 0.5) is 4.79 Å². The van der Waals surface area contributed by atoms with Gasteiger partial charge < -0.3 is 14.2 Å². The molecule has 6 heteroatoms. The number of hydrogen-bond donors (Lipinski definition) is 1. The average Bonchev–Trinajstić information content (AvgIpc) is 3.08. The Morgan fingerprint density at radius 3 is 2.32 bits per heavy atom. The molecule has 1 N–H and O–H groups in total. The van der Waals surface area contributed by atoms with Gasteiger partial charge in [-0.15, -0.1) is 0 Å². The van der Waals surface area contributed by atoms with Crippen molar-refractivity contribution in [1.29, 1.82) is 0 Å². The van der Waals surface area contributed by atoms with Crippen LogP contribution in [-0.2, 0) is 21.6 Å². The van der Waals surface area contributed by atoms with Crippen molar-refractivity contribution < 1.29 is 23.8 Å². The van der Waals surface area contributed by atoms with Crippen LogP contribution < -0.4 is 14.8 Å². The molecule has 0 saturated carbocycles. The summed E-state index contributed by atoms with van der Waals surface area (Å²) < 4.78 is 17.5. The Morgan fingerprint density at radius 2 is 1.68 bits per heavy atom. The van der Waals surface area contributed by atoms with Gasteiger partial charge in [-0.05, 0) is 73.9 Å². The highest BCUT2D eigenvalue weighted by molar-refractivity contribution is 6.03. The van der Waals surface area contributed by atoms with E-state index in [1.807, 2.05) is 49.4 Å². The van der Waals surface area contributed by atoms with Gasteiger partial charge in [0.25, 0.3) is 5.91 Å². The number of benzene rings is 3. The molecule has 0 spiro atoms. The van der Waals surface area contributed by atoms with Gasteiger partial charge in [0, 0.05) is 5.56 Å². The predicted molar refractivity (Wildman–Crippen MR) is 130 cm³/mol. The van der Waals surface area contributed by atoms with Crippen molar-refractivity contribution in [3.63, 3.8) is 0 Å². The third-order valence-electron chi connectivity index (χ3n) is 5.69. The minimum atomic E-state index is -1.39. The van der Waals surface area contributed by atoms with Crippen molar-refractivity contribution in [1.82, 2.24) is 5.32 Å². The van der Waals surface area contributed by atoms with E-state index in [0.29, 0.717) is 17.1 Å². The molecule has 1 fully saturated rings. The van der Waals surface area contributed by atoms with Crippen LogP contribution in [0.1, 0.15) is 43.9 Å². The van der Waals surface area contributed by atoms with Crippen LogP contribution in [0.2, 0.25) is 0 Å². The molecule has 1 atom stereocenters. The fourth-order valence-electron chi connectivity index (χ4n) is 3.77. The lowest BCUT2D eigenvalue weighted by atomic mass is 9.95. The van der Waals surface area contributed by atoms with E-state index in [0.717, 1.165) is 41.0 Å². The number of nitrogens with one attached hydrogen (secondary N) is 1. The largest absolute Gasteiger partial charge is 0.457 e. The second-order valence-electron chi connectivity index (χ2n) is 8.43. The summed E-state index contributed by atoms with van der Waals surface area (Å²) in [5.74, 6) is 2.19. The van der Waals surface area contributed by atoms with Gasteiger partial charge in [-0.25, -0.2) is 4.79 Å². The molecule has 2 amide bonds. The molecule has 4 rings (SSSR count). The number of ether oxygens (including phenoxy) is 3. The minimum Gasteiger partial charge on any atom is -0.457 e. The molecule has 1 saturated heterocycles. The van der Waals surface area contributed by atoms with Crippen LogP contribution in [0.5, 0.6) is 23.0 Å². The van der Waals surface area contributed by atoms with Gasteiger partial charge >= 0.3 is 6.09 Å². The normalized spacial score (nSPS) is 17.1. The molecular weight excluding hydrogens is 430 g/mol. The average molecular weight is 458 g/mol. The van der Waals surface area contributed by atoms with Crippen molar-refractivity contribution in [2.45, 2.75) is 39.2 Å². The first-order valence-corrected chi connectivity index (χ1v) is 11.2. The van der Waals surface area contributed by atoms with Crippen LogP contribution >= 0.6 is 0 Å². The second kappa shape index (κ2) is 9.43. The molecule has 3 aromatic carbocycles. The molecule has 0 aliphatic carbocycles. The zero-order valence-electron chi connectivity index (χ0n) is 19.5. The van der Waals surface area contributed by atoms with Crippen LogP contribution in [0.3, 0.4) is 0 Å². The fourth-order valence-corrected chi connectivity index (χ4v) is 3.77. The van der Waals surface area contributed by atoms with Crippen LogP contribution in [-0.4, -0.2) is 12.0 Å². The van der Waals surface area contributed by atoms with Crippen LogP contribution in [0.25, 0.3) is 5.57 Å². The summed E-state index contributed by atoms with van der Waals surface area (Å²) in [7, 11) is 0. The summed E-state index contributed by atoms with van der Waals surface area (Å²) in [6.45, 7) is 9.59. The van der Waals surface area contributed by atoms with Crippen LogP contribution in [0.15, 0.2) is 73.3 Å². The zero-order valence-corrected chi connectivity index (χ0v) is 19.5. The molecule has 3 aromatic rings. The number of aryl methyl sites for hydroxylation is 1. The molecule has 0 aromatic heterocycles. The number of alkyl carbamates (subject to hydrolysis) is 1. The highest BCUT2D eigenvalue weighted by Gasteiger charge is 2.46. The Balaban J connectivity index is 1.56. The standard InChI is InChI=1S/C28H27NO5/c1-5-7-20-16-24(32-22-12-10-19(11-13-22)18(2)3)14-15-25(20)33-23-9-6-8-21(17-23)28(4)26(30)29-27(31)34-28/h6,8-17H,2,5,7H2,1,3-4H3,(H,29,30,31)/t28-/m1/s1. The Kier molecular flexibility index (Phi) is 6.41. The number of rotatable bonds is 8. The summed E-state index contributed by atoms with van der Waals surface area (Å²) in [4.78, 5) is 23.8. The molecule has 34 heavy (non-hydrogen) atoms. The summed E-state index contributed by atoms with van der Waals surface area (Å²) in [6, 6.07) is 20.5. The van der Waals surface area contributed by atoms with Gasteiger partial charge in [0.15, 0.2) is 0 Å². The van der Waals surface area contributed by atoms with E-state index in [-0.39, 0.29) is 0 Å². The lowest BCUT2D eigenvalue weighted by Crippen LogP contribution is -2.33. The number of allylic oxidation sites excluding steroid dienone is 1. The molecule has 0 unspecified atom stereocenters. The maximum absolute atomic E-state index is 12.2. The van der Waals surface area contributed by atoms with E-state index < -0.39 is 17.6 Å². The van der Waals surface area contributed by atoms with E-state index in [9.17, 15) is 9.59 Å². The highest BCUT2D eigenvalue weighted by atomic mass is 16.6. The first kappa shape index (κ1) is 23.1. The molecule has 174 valence electrons. The predicted octanol–water partition coefficient (Wildman–Crippen LogP) is 6.74. The molecular formula is C28H27NO5. The van der Waals surface area contributed by atoms with Crippen molar-refractivity contribution in [2.24, 2.45) is 0 Å². The summed E-state index contributed by atoms with van der Waals surface area (Å²) in [5, 5.41) is 2.18. The highest BCUT2D eigenvalue weighted by Crippen LogP contribution is 2.35. The Hall–Kier alpha value is -4.06. The molecule has 1 aliphatic heterocycles. The Labute approximate surface area is 199 Å². The molecule has 1 heterocycles. The topological polar surface area (TPSA) is 73.9 Å². The van der Waals surface area contributed by atoms with E-state index >= 15 is 0 Å². The van der Waals surface area contributed by atoms with Gasteiger partial charge in [0.1, 0.15) is 23.0 Å². The van der Waals surface area contributed by atoms with Crippen molar-refractivity contribution in [3.05, 3.63) is 90.0 Å². The number of hydrogen-bond acceptors (Lipinski definition) is 5. The second-order valence-corrected chi connectivity index (χ2v) is 8.43. The van der Waals surface area contributed by atoms with Gasteiger partial charge in [0.2, 0.25) is 5.60 Å². The number of carbonyl (C=O) groups is 2. The zero-order chi connectivity index (χ0) is 24.3. The smallest absolute Gasteiger partial charge is 0.415 e. The third-order valence-corrected chi connectivity index (χ3v) is 5.69. The number of amides is 2. The third kappa shape index (κ3) is 4.81. The summed E-state index contributed by atoms with van der Waals surface area (Å²) in [6.07, 6.45) is 0.980. The van der Waals surface area contributed by atoms with Gasteiger partial charge in [-0.1, -0.05) is 49.8 Å². The molecule has 0 radical (unpaired) electrons. The van der Waals surface area contributed by atoms with E-state index in [4.69, 9.17) is 14.2 Å². The van der Waals surface area contributed by atoms with Crippen LogP contribution in [0, 0.1) is 0 Å². The number of carbonyl (C=O) groups excluding carboxylic acids is 2. The fraction of sp³-hybridized carbons (Fsp3) is 0.214. The maximum atomic E-state index is 12.2. The monoisotopic (exact) mass is 457 g/mol. The summed E-state index contributed by atoms with van der Waals surface area (Å²) in [5.41, 5.74) is 2.22. The number of imide groups is 1. The Morgan fingerprint density at radius 1 is 0.971 bits per heavy atom. The van der Waals surface area contributed by atoms with Gasteiger partial charge in [-0.3, -0.25) is 10.1 Å². The SMILES string of the molecule is C=C(C)c1ccc(Oc2ccc(Oc3cccc([C@@]4(C)OC(=O)NC4=O)c3)c(CCC)c2)cc1. The van der Waals surface area contributed by atoms with Crippen molar-refractivity contribution in [3.8, 4) is 23.0 Å². The minimum absolute atomic E-state index is 0.501. The van der Waals surface area contributed by atoms with Crippen molar-refractivity contribution >= 4 is 17.6 Å². The van der Waals surface area contributed by atoms with E-state index in [1.54, 1.807) is 31.2 Å². The quantitative estimate of drug-likeness (QED) is 0.406. The van der Waals surface area contributed by atoms with Crippen molar-refractivity contribution in [2.75, 3.05) is 0 Å². The van der Waals surface area contributed by atoms with E-state index in [1.165, 1.54) is 0 Å². The summed E-state index contributed by atoms with van der Waals surface area (Å²) >= 11 is 0. The lowest BCUT2D eigenvalue weighted by Gasteiger charge is -2.20. The number of cyclic esters (lactones) is 1. The van der Waals surface area contributed by atoms with Gasteiger partial charge in [-0.2, -0.15) is 0 Å². The molecule has 1 aliphatic rings. The van der Waals surface area contributed by atoms with Gasteiger partial charge in [0.05, 0.1) is 0 Å². The first-order chi connectivity index (χ1) is 16.3. The Bertz CT molecular complexity index is 1250. The van der Waals surface area contributed by atoms with E-state index in [2.05, 4.69) is 18.8 Å². The first-order valence-electron chi connectivity index (χ1n) is 11.2.